The van der Waals surface area contributed by atoms with Gasteiger partial charge in [0.05, 0.1) is 23.1 Å². The maximum atomic E-state index is 6.11. The van der Waals surface area contributed by atoms with Gasteiger partial charge in [-0.2, -0.15) is 0 Å². The molecule has 1 aromatic carbocycles. The molecule has 0 radical (unpaired) electrons. The largest absolute Gasteiger partial charge is 0.388 e. The maximum Gasteiger partial charge on any atom is 0.148 e. The van der Waals surface area contributed by atoms with Crippen molar-refractivity contribution < 1.29 is 0 Å². The van der Waals surface area contributed by atoms with Gasteiger partial charge < -0.3 is 11.1 Å². The number of nitrogens with zero attached hydrogens (tertiary/aromatic N) is 2. The van der Waals surface area contributed by atoms with Gasteiger partial charge in [-0.05, 0) is 24.6 Å². The number of thiocarbonyl (C=S) groups is 1. The molecule has 3 N–H and O–H groups in total. The third kappa shape index (κ3) is 2.94. The van der Waals surface area contributed by atoms with Crippen molar-refractivity contribution in [3.63, 3.8) is 0 Å². The van der Waals surface area contributed by atoms with Crippen molar-refractivity contribution in [3.8, 4) is 0 Å². The van der Waals surface area contributed by atoms with Gasteiger partial charge in [-0.25, -0.2) is 9.97 Å². The summed E-state index contributed by atoms with van der Waals surface area (Å²) in [5.74, 6) is 0.584. The van der Waals surface area contributed by atoms with E-state index in [1.807, 2.05) is 25.1 Å². The summed E-state index contributed by atoms with van der Waals surface area (Å²) < 4.78 is 0. The SMILES string of the molecule is Cc1ccc(Nc2cnc(C(N)=S)cn2)c(Cl)c1. The van der Waals surface area contributed by atoms with Crippen molar-refractivity contribution in [1.29, 1.82) is 0 Å². The van der Waals surface area contributed by atoms with Gasteiger partial charge >= 0.3 is 0 Å². The number of hydrogen-bond acceptors (Lipinski definition) is 4. The van der Waals surface area contributed by atoms with Crippen LogP contribution in [0.25, 0.3) is 0 Å². The van der Waals surface area contributed by atoms with Crippen molar-refractivity contribution in [3.05, 3.63) is 46.9 Å². The predicted octanol–water partition coefficient (Wildman–Crippen LogP) is 2.82. The molecule has 1 aromatic heterocycles. The van der Waals surface area contributed by atoms with Gasteiger partial charge in [0.1, 0.15) is 16.5 Å². The summed E-state index contributed by atoms with van der Waals surface area (Å²) in [4.78, 5) is 8.47. The lowest BCUT2D eigenvalue weighted by Crippen LogP contribution is -2.12. The Morgan fingerprint density at radius 1 is 1.33 bits per heavy atom. The average molecular weight is 279 g/mol. The van der Waals surface area contributed by atoms with Crippen molar-refractivity contribution in [1.82, 2.24) is 9.97 Å². The second kappa shape index (κ2) is 5.29. The van der Waals surface area contributed by atoms with Crippen LogP contribution in [-0.2, 0) is 0 Å². The van der Waals surface area contributed by atoms with Gasteiger partial charge in [-0.15, -0.1) is 0 Å². The molecule has 0 aliphatic carbocycles. The van der Waals surface area contributed by atoms with Gasteiger partial charge in [0.15, 0.2) is 0 Å². The molecule has 0 aliphatic heterocycles. The van der Waals surface area contributed by atoms with E-state index in [0.29, 0.717) is 16.5 Å². The molecular weight excluding hydrogens is 268 g/mol. The Kier molecular flexibility index (Phi) is 3.74. The molecule has 0 saturated carbocycles. The van der Waals surface area contributed by atoms with Gasteiger partial charge in [-0.1, -0.05) is 29.9 Å². The lowest BCUT2D eigenvalue weighted by atomic mass is 10.2. The van der Waals surface area contributed by atoms with Gasteiger partial charge in [0.25, 0.3) is 0 Å². The molecule has 0 fully saturated rings. The van der Waals surface area contributed by atoms with Crippen molar-refractivity contribution in [2.75, 3.05) is 5.32 Å². The van der Waals surface area contributed by atoms with Gasteiger partial charge in [0, 0.05) is 0 Å². The Bertz CT molecular complexity index is 583. The fraction of sp³-hybridized carbons (Fsp3) is 0.0833. The highest BCUT2D eigenvalue weighted by atomic mass is 35.5. The van der Waals surface area contributed by atoms with E-state index in [1.165, 1.54) is 6.20 Å². The molecule has 0 unspecified atom stereocenters. The molecule has 18 heavy (non-hydrogen) atoms. The molecule has 0 aliphatic rings. The first-order chi connectivity index (χ1) is 8.56. The van der Waals surface area contributed by atoms with Crippen LogP contribution in [0.1, 0.15) is 11.3 Å². The molecule has 1 heterocycles. The first-order valence-electron chi connectivity index (χ1n) is 5.21. The lowest BCUT2D eigenvalue weighted by Gasteiger charge is -2.08. The molecular formula is C12H11ClN4S. The number of anilines is 2. The number of nitrogens with two attached hydrogens (primary N) is 1. The van der Waals surface area contributed by atoms with Gasteiger partial charge in [0.2, 0.25) is 0 Å². The van der Waals surface area contributed by atoms with E-state index in [-0.39, 0.29) is 4.99 Å². The highest BCUT2D eigenvalue weighted by Crippen LogP contribution is 2.25. The summed E-state index contributed by atoms with van der Waals surface area (Å²) >= 11 is 10.9. The van der Waals surface area contributed by atoms with E-state index in [4.69, 9.17) is 29.6 Å². The molecule has 0 amide bonds. The van der Waals surface area contributed by atoms with E-state index < -0.39 is 0 Å². The van der Waals surface area contributed by atoms with Crippen LogP contribution < -0.4 is 11.1 Å². The number of aromatic nitrogens is 2. The fourth-order valence-electron chi connectivity index (χ4n) is 1.38. The van der Waals surface area contributed by atoms with Crippen molar-refractivity contribution in [2.24, 2.45) is 5.73 Å². The maximum absolute atomic E-state index is 6.11. The molecule has 2 rings (SSSR count). The van der Waals surface area contributed by atoms with Crippen molar-refractivity contribution >= 4 is 40.3 Å². The summed E-state index contributed by atoms with van der Waals surface area (Å²) in [6.07, 6.45) is 3.08. The highest BCUT2D eigenvalue weighted by Gasteiger charge is 2.03. The second-order valence-electron chi connectivity index (χ2n) is 3.76. The second-order valence-corrected chi connectivity index (χ2v) is 4.61. The predicted molar refractivity (Wildman–Crippen MR) is 77.4 cm³/mol. The van der Waals surface area contributed by atoms with Gasteiger partial charge in [-0.3, -0.25) is 0 Å². The summed E-state index contributed by atoms with van der Waals surface area (Å²) in [5.41, 5.74) is 7.81. The van der Waals surface area contributed by atoms with Crippen molar-refractivity contribution in [2.45, 2.75) is 6.92 Å². The van der Waals surface area contributed by atoms with E-state index in [0.717, 1.165) is 11.3 Å². The van der Waals surface area contributed by atoms with Crippen LogP contribution in [0.15, 0.2) is 30.6 Å². The van der Waals surface area contributed by atoms with Crippen LogP contribution in [0.3, 0.4) is 0 Å². The zero-order valence-corrected chi connectivity index (χ0v) is 11.2. The number of benzene rings is 1. The minimum Gasteiger partial charge on any atom is -0.388 e. The summed E-state index contributed by atoms with van der Waals surface area (Å²) in [6, 6.07) is 5.73. The quantitative estimate of drug-likeness (QED) is 0.845. The van der Waals surface area contributed by atoms with Crippen LogP contribution >= 0.6 is 23.8 Å². The van der Waals surface area contributed by atoms with Crippen LogP contribution in [-0.4, -0.2) is 15.0 Å². The Morgan fingerprint density at radius 2 is 2.11 bits per heavy atom. The molecule has 4 nitrogen and oxygen atoms in total. The molecule has 2 aromatic rings. The number of hydrogen-bond donors (Lipinski definition) is 2. The Balaban J connectivity index is 2.21. The first kappa shape index (κ1) is 12.7. The van der Waals surface area contributed by atoms with Crippen LogP contribution in [0.5, 0.6) is 0 Å². The minimum absolute atomic E-state index is 0.224. The Hall–Kier alpha value is -1.72. The Morgan fingerprint density at radius 3 is 2.67 bits per heavy atom. The molecule has 0 atom stereocenters. The zero-order valence-electron chi connectivity index (χ0n) is 9.64. The summed E-state index contributed by atoms with van der Waals surface area (Å²) in [6.45, 7) is 1.98. The fourth-order valence-corrected chi connectivity index (χ4v) is 1.77. The number of nitrogens with one attached hydrogen (secondary N) is 1. The highest BCUT2D eigenvalue weighted by molar-refractivity contribution is 7.80. The third-order valence-corrected chi connectivity index (χ3v) is 2.81. The molecule has 0 saturated heterocycles. The Labute approximate surface area is 115 Å². The average Bonchev–Trinajstić information content (AvgIpc) is 2.33. The third-order valence-electron chi connectivity index (χ3n) is 2.29. The monoisotopic (exact) mass is 278 g/mol. The van der Waals surface area contributed by atoms with E-state index in [2.05, 4.69) is 15.3 Å². The first-order valence-corrected chi connectivity index (χ1v) is 6.00. The summed E-state index contributed by atoms with van der Waals surface area (Å²) in [5, 5.41) is 3.71. The van der Waals surface area contributed by atoms with E-state index >= 15 is 0 Å². The number of rotatable bonds is 3. The van der Waals surface area contributed by atoms with E-state index in [9.17, 15) is 0 Å². The topological polar surface area (TPSA) is 63.8 Å². The molecule has 92 valence electrons. The van der Waals surface area contributed by atoms with Crippen LogP contribution in [0.4, 0.5) is 11.5 Å². The smallest absolute Gasteiger partial charge is 0.148 e. The zero-order chi connectivity index (χ0) is 13.1. The van der Waals surface area contributed by atoms with E-state index in [1.54, 1.807) is 6.20 Å². The normalized spacial score (nSPS) is 10.1. The molecule has 0 bridgehead atoms. The van der Waals surface area contributed by atoms with Crippen LogP contribution in [0.2, 0.25) is 5.02 Å². The standard InChI is InChI=1S/C12H11ClN4S/c1-7-2-3-9(8(13)4-7)17-11-6-15-10(5-16-11)12(14)18/h2-6H,1H3,(H2,14,18)(H,16,17). The lowest BCUT2D eigenvalue weighted by molar-refractivity contribution is 1.18. The minimum atomic E-state index is 0.224. The number of aryl methyl sites for hydroxylation is 1. The van der Waals surface area contributed by atoms with Crippen LogP contribution in [0, 0.1) is 6.92 Å². The molecule has 6 heteroatoms. The molecule has 0 spiro atoms. The summed E-state index contributed by atoms with van der Waals surface area (Å²) in [7, 11) is 0. The number of halogens is 1.